The second-order valence-electron chi connectivity index (χ2n) is 5.11. The van der Waals surface area contributed by atoms with E-state index in [1.807, 2.05) is 6.07 Å². The van der Waals surface area contributed by atoms with Crippen molar-refractivity contribution < 1.29 is 12.8 Å². The van der Waals surface area contributed by atoms with Crippen LogP contribution in [0.4, 0.5) is 4.39 Å². The SMILES string of the molecule is CN(CCC#N)S(=O)(=O)N(Cc1ccccc1F)C1CC1. The zero-order valence-corrected chi connectivity index (χ0v) is 12.7. The smallest absolute Gasteiger partial charge is 0.207 e. The van der Waals surface area contributed by atoms with E-state index in [0.717, 1.165) is 17.1 Å². The van der Waals surface area contributed by atoms with Crippen molar-refractivity contribution in [3.05, 3.63) is 35.6 Å². The van der Waals surface area contributed by atoms with Crippen LogP contribution in [0.1, 0.15) is 24.8 Å². The third kappa shape index (κ3) is 3.79. The highest BCUT2D eigenvalue weighted by Gasteiger charge is 2.39. The van der Waals surface area contributed by atoms with E-state index in [0.29, 0.717) is 5.56 Å². The van der Waals surface area contributed by atoms with Crippen molar-refractivity contribution in [2.45, 2.75) is 31.8 Å². The van der Waals surface area contributed by atoms with Gasteiger partial charge in [-0.15, -0.1) is 0 Å². The molecule has 0 unspecified atom stereocenters. The molecule has 0 spiro atoms. The number of nitriles is 1. The molecule has 1 fully saturated rings. The first-order valence-corrected chi connectivity index (χ1v) is 8.20. The molecule has 21 heavy (non-hydrogen) atoms. The van der Waals surface area contributed by atoms with E-state index in [1.54, 1.807) is 18.2 Å². The Hall–Kier alpha value is -1.49. The highest BCUT2D eigenvalue weighted by Crippen LogP contribution is 2.32. The third-order valence-corrected chi connectivity index (χ3v) is 5.46. The van der Waals surface area contributed by atoms with Gasteiger partial charge in [-0.1, -0.05) is 18.2 Å². The summed E-state index contributed by atoms with van der Waals surface area (Å²) in [5.74, 6) is -0.405. The standard InChI is InChI=1S/C14H18FN3O2S/c1-17(10-4-9-16)21(19,20)18(13-7-8-13)11-12-5-2-3-6-14(12)15/h2-3,5-6,13H,4,7-8,10-11H2,1H3. The first kappa shape index (κ1) is 15.9. The molecule has 0 amide bonds. The minimum Gasteiger partial charge on any atom is -0.207 e. The van der Waals surface area contributed by atoms with Gasteiger partial charge in [0.15, 0.2) is 0 Å². The summed E-state index contributed by atoms with van der Waals surface area (Å²) < 4.78 is 41.4. The molecule has 7 heteroatoms. The molecule has 1 saturated carbocycles. The lowest BCUT2D eigenvalue weighted by Gasteiger charge is -2.27. The zero-order chi connectivity index (χ0) is 15.5. The van der Waals surface area contributed by atoms with E-state index < -0.39 is 16.0 Å². The van der Waals surface area contributed by atoms with Crippen LogP contribution in [-0.2, 0) is 16.8 Å². The van der Waals surface area contributed by atoms with E-state index in [-0.39, 0.29) is 25.6 Å². The van der Waals surface area contributed by atoms with Gasteiger partial charge in [0, 0.05) is 38.2 Å². The summed E-state index contributed by atoms with van der Waals surface area (Å²) in [6, 6.07) is 8.04. The normalized spacial score (nSPS) is 15.4. The molecular formula is C14H18FN3O2S. The van der Waals surface area contributed by atoms with Crippen LogP contribution in [0.3, 0.4) is 0 Å². The van der Waals surface area contributed by atoms with Crippen LogP contribution < -0.4 is 0 Å². The Balaban J connectivity index is 2.19. The Labute approximate surface area is 124 Å². The van der Waals surface area contributed by atoms with Crippen molar-refractivity contribution in [1.29, 1.82) is 5.26 Å². The molecule has 1 aromatic rings. The maximum Gasteiger partial charge on any atom is 0.282 e. The average molecular weight is 311 g/mol. The Bertz CT molecular complexity index is 638. The fourth-order valence-corrected chi connectivity index (χ4v) is 3.63. The summed E-state index contributed by atoms with van der Waals surface area (Å²) in [5.41, 5.74) is 0.363. The van der Waals surface area contributed by atoms with Crippen LogP contribution in [0.25, 0.3) is 0 Å². The summed E-state index contributed by atoms with van der Waals surface area (Å²) in [6.07, 6.45) is 1.72. The Morgan fingerprint density at radius 2 is 2.05 bits per heavy atom. The highest BCUT2D eigenvalue weighted by molar-refractivity contribution is 7.86. The fourth-order valence-electron chi connectivity index (χ4n) is 2.06. The topological polar surface area (TPSA) is 64.4 Å². The van der Waals surface area contributed by atoms with Crippen molar-refractivity contribution in [3.8, 4) is 6.07 Å². The molecule has 0 aromatic heterocycles. The number of hydrogen-bond acceptors (Lipinski definition) is 3. The molecule has 1 aliphatic carbocycles. The number of rotatable bonds is 7. The van der Waals surface area contributed by atoms with Crippen LogP contribution in [-0.4, -0.2) is 36.7 Å². The first-order valence-electron chi connectivity index (χ1n) is 6.80. The lowest BCUT2D eigenvalue weighted by Crippen LogP contribution is -2.43. The van der Waals surface area contributed by atoms with Crippen molar-refractivity contribution in [3.63, 3.8) is 0 Å². The van der Waals surface area contributed by atoms with E-state index in [9.17, 15) is 12.8 Å². The zero-order valence-electron chi connectivity index (χ0n) is 11.9. The molecule has 0 bridgehead atoms. The van der Waals surface area contributed by atoms with E-state index in [1.165, 1.54) is 17.4 Å². The molecule has 0 saturated heterocycles. The maximum atomic E-state index is 13.7. The Morgan fingerprint density at radius 3 is 2.62 bits per heavy atom. The molecule has 0 radical (unpaired) electrons. The van der Waals surface area contributed by atoms with Gasteiger partial charge in [0.2, 0.25) is 0 Å². The van der Waals surface area contributed by atoms with E-state index in [2.05, 4.69) is 0 Å². The van der Waals surface area contributed by atoms with Crippen LogP contribution in [0.5, 0.6) is 0 Å². The maximum absolute atomic E-state index is 13.7. The summed E-state index contributed by atoms with van der Waals surface area (Å²) in [6.45, 7) is 0.163. The quantitative estimate of drug-likeness (QED) is 0.772. The van der Waals surface area contributed by atoms with Crippen molar-refractivity contribution in [2.75, 3.05) is 13.6 Å². The lowest BCUT2D eigenvalue weighted by molar-refractivity contribution is 0.346. The van der Waals surface area contributed by atoms with Crippen molar-refractivity contribution >= 4 is 10.2 Å². The minimum atomic E-state index is -3.68. The number of nitrogens with zero attached hydrogens (tertiary/aromatic N) is 3. The largest absolute Gasteiger partial charge is 0.282 e. The summed E-state index contributed by atoms with van der Waals surface area (Å²) in [4.78, 5) is 0. The van der Waals surface area contributed by atoms with Gasteiger partial charge in [-0.25, -0.2) is 4.39 Å². The molecule has 1 aromatic carbocycles. The van der Waals surface area contributed by atoms with Crippen LogP contribution in [0.15, 0.2) is 24.3 Å². The monoisotopic (exact) mass is 311 g/mol. The molecule has 5 nitrogen and oxygen atoms in total. The molecule has 1 aliphatic rings. The minimum absolute atomic E-state index is 0.0244. The van der Waals surface area contributed by atoms with Crippen molar-refractivity contribution in [2.24, 2.45) is 0 Å². The van der Waals surface area contributed by atoms with Gasteiger partial charge in [0.05, 0.1) is 6.07 Å². The van der Waals surface area contributed by atoms with Crippen LogP contribution in [0.2, 0.25) is 0 Å². The van der Waals surface area contributed by atoms with Crippen molar-refractivity contribution in [1.82, 2.24) is 8.61 Å². The second-order valence-corrected chi connectivity index (χ2v) is 7.09. The Morgan fingerprint density at radius 1 is 1.38 bits per heavy atom. The van der Waals surface area contributed by atoms with E-state index >= 15 is 0 Å². The van der Waals surface area contributed by atoms with Gasteiger partial charge in [-0.3, -0.25) is 0 Å². The predicted octanol–water partition coefficient (Wildman–Crippen LogP) is 1.88. The predicted molar refractivity (Wildman–Crippen MR) is 76.7 cm³/mol. The molecule has 0 atom stereocenters. The second kappa shape index (κ2) is 6.52. The fraction of sp³-hybridized carbons (Fsp3) is 0.500. The van der Waals surface area contributed by atoms with Crippen LogP contribution in [0, 0.1) is 17.1 Å². The van der Waals surface area contributed by atoms with Gasteiger partial charge < -0.3 is 0 Å². The number of halogens is 1. The molecule has 2 rings (SSSR count). The third-order valence-electron chi connectivity index (χ3n) is 3.47. The molecule has 0 heterocycles. The number of benzene rings is 1. The summed E-state index contributed by atoms with van der Waals surface area (Å²) in [5, 5.41) is 8.58. The van der Waals surface area contributed by atoms with Gasteiger partial charge in [0.25, 0.3) is 10.2 Å². The molecule has 0 N–H and O–H groups in total. The molecular weight excluding hydrogens is 293 g/mol. The first-order chi connectivity index (χ1) is 9.96. The average Bonchev–Trinajstić information content (AvgIpc) is 3.28. The lowest BCUT2D eigenvalue weighted by atomic mass is 10.2. The van der Waals surface area contributed by atoms with Gasteiger partial charge in [0.1, 0.15) is 5.82 Å². The number of hydrogen-bond donors (Lipinski definition) is 0. The molecule has 114 valence electrons. The van der Waals surface area contributed by atoms with Gasteiger partial charge in [-0.05, 0) is 18.9 Å². The Kier molecular flexibility index (Phi) is 4.93. The summed E-state index contributed by atoms with van der Waals surface area (Å²) >= 11 is 0. The van der Waals surface area contributed by atoms with E-state index in [4.69, 9.17) is 5.26 Å². The molecule has 0 aliphatic heterocycles. The summed E-state index contributed by atoms with van der Waals surface area (Å²) in [7, 11) is -2.23. The van der Waals surface area contributed by atoms with Gasteiger partial charge in [-0.2, -0.15) is 22.3 Å². The van der Waals surface area contributed by atoms with Crippen LogP contribution >= 0.6 is 0 Å². The highest BCUT2D eigenvalue weighted by atomic mass is 32.2. The van der Waals surface area contributed by atoms with Gasteiger partial charge >= 0.3 is 0 Å².